The first kappa shape index (κ1) is 20.0. The van der Waals surface area contributed by atoms with Crippen LogP contribution in [-0.4, -0.2) is 18.5 Å². The first-order valence-electron chi connectivity index (χ1n) is 9.85. The monoisotopic (exact) mass is 417 g/mol. The smallest absolute Gasteiger partial charge is 0.308 e. The molecule has 0 aliphatic carbocycles. The highest BCUT2D eigenvalue weighted by atomic mass is 32.2. The van der Waals surface area contributed by atoms with Crippen LogP contribution in [0.15, 0.2) is 70.5 Å². The highest BCUT2D eigenvalue weighted by Gasteiger charge is 2.26. The van der Waals surface area contributed by atoms with Gasteiger partial charge >= 0.3 is 6.03 Å². The van der Waals surface area contributed by atoms with Gasteiger partial charge in [0, 0.05) is 27.7 Å². The summed E-state index contributed by atoms with van der Waals surface area (Å²) in [6.07, 6.45) is 0. The number of amides is 3. The number of nitrogens with zero attached hydrogens (tertiary/aromatic N) is 1. The summed E-state index contributed by atoms with van der Waals surface area (Å²) in [5.74, 6) is -0.0310. The minimum absolute atomic E-state index is 0.0310. The van der Waals surface area contributed by atoms with E-state index in [0.29, 0.717) is 17.8 Å². The molecule has 0 spiro atoms. The lowest BCUT2D eigenvalue weighted by Gasteiger charge is -2.22. The summed E-state index contributed by atoms with van der Waals surface area (Å²) in [5.41, 5.74) is 4.95. The molecule has 0 aromatic heterocycles. The van der Waals surface area contributed by atoms with E-state index < -0.39 is 0 Å². The van der Waals surface area contributed by atoms with Crippen molar-refractivity contribution in [2.75, 3.05) is 22.1 Å². The van der Waals surface area contributed by atoms with Crippen LogP contribution in [0.25, 0.3) is 0 Å². The summed E-state index contributed by atoms with van der Waals surface area (Å²) in [6, 6.07) is 18.9. The van der Waals surface area contributed by atoms with Crippen LogP contribution in [0, 0.1) is 13.8 Å². The molecule has 0 saturated heterocycles. The molecular weight excluding hydrogens is 394 g/mol. The molecule has 3 amide bonds. The van der Waals surface area contributed by atoms with Gasteiger partial charge in [-0.05, 0) is 62.2 Å². The first-order chi connectivity index (χ1) is 14.5. The number of rotatable bonds is 3. The molecule has 152 valence electrons. The Morgan fingerprint density at radius 2 is 1.67 bits per heavy atom. The van der Waals surface area contributed by atoms with Crippen molar-refractivity contribution in [1.29, 1.82) is 0 Å². The average Bonchev–Trinajstić information content (AvgIpc) is 2.84. The van der Waals surface area contributed by atoms with Crippen LogP contribution in [0.3, 0.4) is 0 Å². The largest absolute Gasteiger partial charge is 0.323 e. The van der Waals surface area contributed by atoms with Gasteiger partial charge in [-0.25, -0.2) is 4.79 Å². The highest BCUT2D eigenvalue weighted by Crippen LogP contribution is 2.42. The van der Waals surface area contributed by atoms with Gasteiger partial charge in [-0.15, -0.1) is 0 Å². The van der Waals surface area contributed by atoms with Gasteiger partial charge in [0.05, 0.1) is 11.3 Å². The fourth-order valence-corrected chi connectivity index (χ4v) is 4.66. The molecule has 4 rings (SSSR count). The Morgan fingerprint density at radius 3 is 2.40 bits per heavy atom. The molecule has 1 aliphatic rings. The van der Waals surface area contributed by atoms with E-state index in [1.807, 2.05) is 81.4 Å². The molecule has 5 nitrogen and oxygen atoms in total. The van der Waals surface area contributed by atoms with E-state index in [9.17, 15) is 9.59 Å². The van der Waals surface area contributed by atoms with Crippen molar-refractivity contribution in [3.63, 3.8) is 0 Å². The molecule has 0 radical (unpaired) electrons. The summed E-state index contributed by atoms with van der Waals surface area (Å²) in [4.78, 5) is 29.4. The third-order valence-corrected chi connectivity index (χ3v) is 6.27. The lowest BCUT2D eigenvalue weighted by molar-refractivity contribution is 0.0985. The van der Waals surface area contributed by atoms with Gasteiger partial charge in [-0.2, -0.15) is 0 Å². The second-order valence-corrected chi connectivity index (χ2v) is 8.26. The SMILES string of the molecule is CCN1C(=O)c2ccccc2Sc2ccc(NC(=O)Nc3c(C)cccc3C)cc21. The number of nitrogens with one attached hydrogen (secondary N) is 2. The fourth-order valence-electron chi connectivity index (χ4n) is 3.60. The minimum Gasteiger partial charge on any atom is -0.308 e. The van der Waals surface area contributed by atoms with Gasteiger partial charge in [0.1, 0.15) is 0 Å². The van der Waals surface area contributed by atoms with Crippen LogP contribution < -0.4 is 15.5 Å². The number of carbonyl (C=O) groups excluding carboxylic acids is 2. The number of benzene rings is 3. The van der Waals surface area contributed by atoms with Crippen molar-refractivity contribution in [2.24, 2.45) is 0 Å². The van der Waals surface area contributed by atoms with E-state index in [0.717, 1.165) is 32.3 Å². The number of fused-ring (bicyclic) bond motifs is 2. The van der Waals surface area contributed by atoms with E-state index in [4.69, 9.17) is 0 Å². The zero-order valence-electron chi connectivity index (χ0n) is 17.2. The number of anilines is 3. The molecule has 3 aromatic rings. The van der Waals surface area contributed by atoms with Crippen molar-refractivity contribution in [3.8, 4) is 0 Å². The van der Waals surface area contributed by atoms with Gasteiger partial charge in [0.15, 0.2) is 0 Å². The van der Waals surface area contributed by atoms with Crippen LogP contribution in [0.4, 0.5) is 21.9 Å². The molecule has 0 atom stereocenters. The molecule has 30 heavy (non-hydrogen) atoms. The third-order valence-electron chi connectivity index (χ3n) is 5.13. The molecule has 3 aromatic carbocycles. The summed E-state index contributed by atoms with van der Waals surface area (Å²) in [6.45, 7) is 6.42. The maximum Gasteiger partial charge on any atom is 0.323 e. The topological polar surface area (TPSA) is 61.4 Å². The van der Waals surface area contributed by atoms with Gasteiger partial charge in [0.25, 0.3) is 5.91 Å². The Kier molecular flexibility index (Phi) is 5.50. The van der Waals surface area contributed by atoms with E-state index in [-0.39, 0.29) is 11.9 Å². The predicted molar refractivity (Wildman–Crippen MR) is 123 cm³/mol. The number of hydrogen-bond acceptors (Lipinski definition) is 3. The molecule has 1 heterocycles. The quantitative estimate of drug-likeness (QED) is 0.543. The Bertz CT molecular complexity index is 1120. The lowest BCUT2D eigenvalue weighted by Crippen LogP contribution is -2.30. The first-order valence-corrected chi connectivity index (χ1v) is 10.7. The zero-order chi connectivity index (χ0) is 21.3. The van der Waals surface area contributed by atoms with Crippen molar-refractivity contribution in [3.05, 3.63) is 77.4 Å². The van der Waals surface area contributed by atoms with Gasteiger partial charge in [0.2, 0.25) is 0 Å². The molecule has 0 saturated carbocycles. The van der Waals surface area contributed by atoms with Crippen molar-refractivity contribution < 1.29 is 9.59 Å². The maximum atomic E-state index is 13.1. The van der Waals surface area contributed by atoms with E-state index in [1.54, 1.807) is 16.7 Å². The second-order valence-electron chi connectivity index (χ2n) is 7.18. The molecule has 0 fully saturated rings. The molecular formula is C24H23N3O2S. The fraction of sp³-hybridized carbons (Fsp3) is 0.167. The summed E-state index contributed by atoms with van der Waals surface area (Å²) in [5, 5.41) is 5.83. The zero-order valence-corrected chi connectivity index (χ0v) is 18.0. The van der Waals surface area contributed by atoms with Gasteiger partial charge in [-0.1, -0.05) is 42.1 Å². The maximum absolute atomic E-state index is 13.1. The van der Waals surface area contributed by atoms with Crippen LogP contribution in [0.1, 0.15) is 28.4 Å². The normalized spacial score (nSPS) is 12.6. The summed E-state index contributed by atoms with van der Waals surface area (Å²) < 4.78 is 0. The van der Waals surface area contributed by atoms with Crippen molar-refractivity contribution in [2.45, 2.75) is 30.6 Å². The number of para-hydroxylation sites is 1. The number of urea groups is 1. The number of hydrogen-bond donors (Lipinski definition) is 2. The van der Waals surface area contributed by atoms with Crippen LogP contribution in [0.5, 0.6) is 0 Å². The Labute approximate surface area is 180 Å². The molecule has 0 bridgehead atoms. The average molecular weight is 418 g/mol. The van der Waals surface area contributed by atoms with E-state index >= 15 is 0 Å². The van der Waals surface area contributed by atoms with E-state index in [2.05, 4.69) is 10.6 Å². The Balaban J connectivity index is 1.62. The Morgan fingerprint density at radius 1 is 0.933 bits per heavy atom. The van der Waals surface area contributed by atoms with Crippen molar-refractivity contribution in [1.82, 2.24) is 0 Å². The Hall–Kier alpha value is -3.25. The predicted octanol–water partition coefficient (Wildman–Crippen LogP) is 6.08. The molecule has 2 N–H and O–H groups in total. The molecule has 1 aliphatic heterocycles. The van der Waals surface area contributed by atoms with Crippen molar-refractivity contribution >= 4 is 40.8 Å². The van der Waals surface area contributed by atoms with Crippen LogP contribution in [-0.2, 0) is 0 Å². The van der Waals surface area contributed by atoms with Crippen LogP contribution >= 0.6 is 11.8 Å². The number of aryl methyl sites for hydroxylation is 2. The molecule has 6 heteroatoms. The van der Waals surface area contributed by atoms with Crippen LogP contribution in [0.2, 0.25) is 0 Å². The number of carbonyl (C=O) groups is 2. The summed E-state index contributed by atoms with van der Waals surface area (Å²) >= 11 is 1.57. The standard InChI is InChI=1S/C24H23N3O2S/c1-4-27-19-14-17(25-24(29)26-22-15(2)8-7-9-16(22)3)12-13-21(19)30-20-11-6-5-10-18(20)23(27)28/h5-14H,4H2,1-3H3,(H2,25,26,29). The lowest BCUT2D eigenvalue weighted by atomic mass is 10.1. The second kappa shape index (κ2) is 8.24. The summed E-state index contributed by atoms with van der Waals surface area (Å²) in [7, 11) is 0. The molecule has 0 unspecified atom stereocenters. The van der Waals surface area contributed by atoms with Gasteiger partial charge < -0.3 is 15.5 Å². The van der Waals surface area contributed by atoms with E-state index in [1.165, 1.54) is 0 Å². The third kappa shape index (κ3) is 3.78. The minimum atomic E-state index is -0.314. The highest BCUT2D eigenvalue weighted by molar-refractivity contribution is 7.99. The van der Waals surface area contributed by atoms with Gasteiger partial charge in [-0.3, -0.25) is 4.79 Å².